The van der Waals surface area contributed by atoms with Crippen molar-refractivity contribution in [1.82, 2.24) is 5.32 Å². The molecule has 0 aliphatic carbocycles. The van der Waals surface area contributed by atoms with Crippen molar-refractivity contribution in [3.8, 4) is 0 Å². The molecule has 0 aliphatic rings. The highest BCUT2D eigenvalue weighted by Crippen LogP contribution is 2.13. The van der Waals surface area contributed by atoms with Crippen molar-refractivity contribution in [1.29, 1.82) is 0 Å². The van der Waals surface area contributed by atoms with Crippen molar-refractivity contribution >= 4 is 37.8 Å². The number of carbonyl (C=O) groups excluding carboxylic acids is 1. The van der Waals surface area contributed by atoms with E-state index in [4.69, 9.17) is 0 Å². The second kappa shape index (κ2) is 5.82. The van der Waals surface area contributed by atoms with Gasteiger partial charge in [0.15, 0.2) is 0 Å². The molecule has 88 valence electrons. The van der Waals surface area contributed by atoms with E-state index < -0.39 is 0 Å². The lowest BCUT2D eigenvalue weighted by Gasteiger charge is -2.26. The predicted molar refractivity (Wildman–Crippen MR) is 74.6 cm³/mol. The molecule has 0 bridgehead atoms. The number of amides is 1. The van der Waals surface area contributed by atoms with E-state index in [1.165, 1.54) is 0 Å². The molecular formula is C12H15Br2NO. The van der Waals surface area contributed by atoms with E-state index >= 15 is 0 Å². The maximum absolute atomic E-state index is 12.0. The van der Waals surface area contributed by atoms with Crippen LogP contribution in [-0.2, 0) is 0 Å². The predicted octanol–water partition coefficient (Wildman–Crippen LogP) is 3.27. The highest BCUT2D eigenvalue weighted by atomic mass is 79.9. The van der Waals surface area contributed by atoms with Crippen LogP contribution in [0, 0.1) is 6.92 Å². The van der Waals surface area contributed by atoms with E-state index in [2.05, 4.69) is 37.2 Å². The second-order valence-electron chi connectivity index (χ2n) is 4.15. The molecule has 0 saturated heterocycles. The molecule has 0 heterocycles. The van der Waals surface area contributed by atoms with Crippen LogP contribution < -0.4 is 5.32 Å². The van der Waals surface area contributed by atoms with Crippen LogP contribution in [0.25, 0.3) is 0 Å². The Balaban J connectivity index is 2.80. The topological polar surface area (TPSA) is 29.1 Å². The Hall–Kier alpha value is -0.350. The molecule has 16 heavy (non-hydrogen) atoms. The van der Waals surface area contributed by atoms with E-state index in [0.29, 0.717) is 16.2 Å². The first-order valence-electron chi connectivity index (χ1n) is 5.02. The minimum atomic E-state index is -0.263. The Kier molecular flexibility index (Phi) is 4.99. The molecule has 0 unspecified atom stereocenters. The van der Waals surface area contributed by atoms with Crippen LogP contribution in [0.5, 0.6) is 0 Å². The molecule has 0 fully saturated rings. The lowest BCUT2D eigenvalue weighted by atomic mass is 10.1. The second-order valence-corrected chi connectivity index (χ2v) is 5.27. The molecule has 0 spiro atoms. The average Bonchev–Trinajstić information content (AvgIpc) is 2.29. The molecule has 1 N–H and O–H groups in total. The van der Waals surface area contributed by atoms with Crippen molar-refractivity contribution < 1.29 is 4.79 Å². The van der Waals surface area contributed by atoms with Crippen molar-refractivity contribution in [2.45, 2.75) is 19.4 Å². The Labute approximate surface area is 113 Å². The Morgan fingerprint density at radius 2 is 2.00 bits per heavy atom. The van der Waals surface area contributed by atoms with Gasteiger partial charge in [-0.05, 0) is 26.0 Å². The third kappa shape index (κ3) is 3.59. The van der Waals surface area contributed by atoms with Gasteiger partial charge >= 0.3 is 0 Å². The number of halogens is 2. The van der Waals surface area contributed by atoms with Gasteiger partial charge in [0.2, 0.25) is 0 Å². The zero-order chi connectivity index (χ0) is 12.2. The van der Waals surface area contributed by atoms with Gasteiger partial charge in [-0.15, -0.1) is 0 Å². The fourth-order valence-corrected chi connectivity index (χ4v) is 2.44. The van der Waals surface area contributed by atoms with E-state index in [-0.39, 0.29) is 11.4 Å². The minimum Gasteiger partial charge on any atom is -0.345 e. The lowest BCUT2D eigenvalue weighted by molar-refractivity contribution is 0.0923. The summed E-state index contributed by atoms with van der Waals surface area (Å²) < 4.78 is 0. The quantitative estimate of drug-likeness (QED) is 0.831. The first-order valence-corrected chi connectivity index (χ1v) is 7.26. The minimum absolute atomic E-state index is 0.0369. The molecule has 0 radical (unpaired) electrons. The molecule has 0 atom stereocenters. The number of alkyl halides is 2. The van der Waals surface area contributed by atoms with Gasteiger partial charge in [-0.1, -0.05) is 49.6 Å². The number of rotatable bonds is 4. The van der Waals surface area contributed by atoms with Crippen LogP contribution in [0.2, 0.25) is 0 Å². The molecule has 1 aromatic carbocycles. The Morgan fingerprint density at radius 3 is 2.50 bits per heavy atom. The molecule has 2 nitrogen and oxygen atoms in total. The average molecular weight is 349 g/mol. The van der Waals surface area contributed by atoms with Gasteiger partial charge < -0.3 is 5.32 Å². The largest absolute Gasteiger partial charge is 0.345 e. The van der Waals surface area contributed by atoms with E-state index in [9.17, 15) is 4.79 Å². The number of aryl methyl sites for hydroxylation is 1. The smallest absolute Gasteiger partial charge is 0.251 e. The zero-order valence-electron chi connectivity index (χ0n) is 9.39. The highest BCUT2D eigenvalue weighted by molar-refractivity contribution is 9.09. The van der Waals surface area contributed by atoms with Crippen molar-refractivity contribution in [2.75, 3.05) is 10.7 Å². The van der Waals surface area contributed by atoms with Crippen LogP contribution >= 0.6 is 31.9 Å². The SMILES string of the molecule is Cc1cccc(C(=O)NC(C)(CBr)CBr)c1. The zero-order valence-corrected chi connectivity index (χ0v) is 12.6. The lowest BCUT2D eigenvalue weighted by Crippen LogP contribution is -2.48. The monoisotopic (exact) mass is 347 g/mol. The molecule has 0 aromatic heterocycles. The van der Waals surface area contributed by atoms with Gasteiger partial charge in [-0.3, -0.25) is 4.79 Å². The highest BCUT2D eigenvalue weighted by Gasteiger charge is 2.24. The standard InChI is InChI=1S/C12H15Br2NO/c1-9-4-3-5-10(6-9)11(16)15-12(2,7-13)8-14/h3-6H,7-8H2,1-2H3,(H,15,16). The van der Waals surface area contributed by atoms with Crippen LogP contribution in [0.1, 0.15) is 22.8 Å². The maximum Gasteiger partial charge on any atom is 0.251 e. The third-order valence-electron chi connectivity index (χ3n) is 2.29. The summed E-state index contributed by atoms with van der Waals surface area (Å²) in [5, 5.41) is 4.43. The van der Waals surface area contributed by atoms with Gasteiger partial charge in [0.1, 0.15) is 0 Å². The van der Waals surface area contributed by atoms with Crippen LogP contribution in [0.4, 0.5) is 0 Å². The fourth-order valence-electron chi connectivity index (χ4n) is 1.24. The first-order chi connectivity index (χ1) is 7.50. The summed E-state index contributed by atoms with van der Waals surface area (Å²) >= 11 is 6.81. The van der Waals surface area contributed by atoms with Gasteiger partial charge in [0.05, 0.1) is 5.54 Å². The molecular weight excluding hydrogens is 334 g/mol. The summed E-state index contributed by atoms with van der Waals surface area (Å²) in [7, 11) is 0. The fraction of sp³-hybridized carbons (Fsp3) is 0.417. The summed E-state index contributed by atoms with van der Waals surface area (Å²) in [6.45, 7) is 3.97. The molecule has 1 aromatic rings. The molecule has 1 amide bonds. The van der Waals surface area contributed by atoms with Gasteiger partial charge in [0.25, 0.3) is 5.91 Å². The number of nitrogens with one attached hydrogen (secondary N) is 1. The van der Waals surface area contributed by atoms with E-state index in [1.807, 2.05) is 38.1 Å². The summed E-state index contributed by atoms with van der Waals surface area (Å²) in [6, 6.07) is 7.58. The van der Waals surface area contributed by atoms with E-state index in [1.54, 1.807) is 0 Å². The molecule has 0 saturated carbocycles. The van der Waals surface area contributed by atoms with Crippen LogP contribution in [-0.4, -0.2) is 22.1 Å². The van der Waals surface area contributed by atoms with Crippen molar-refractivity contribution in [3.05, 3.63) is 35.4 Å². The molecule has 4 heteroatoms. The number of hydrogen-bond donors (Lipinski definition) is 1. The van der Waals surface area contributed by atoms with Gasteiger partial charge in [-0.2, -0.15) is 0 Å². The van der Waals surface area contributed by atoms with Crippen LogP contribution in [0.15, 0.2) is 24.3 Å². The summed E-state index contributed by atoms with van der Waals surface area (Å²) in [6.07, 6.45) is 0. The normalized spacial score (nSPS) is 11.2. The Morgan fingerprint density at radius 1 is 1.38 bits per heavy atom. The van der Waals surface area contributed by atoms with Crippen molar-refractivity contribution in [2.24, 2.45) is 0 Å². The molecule has 1 rings (SSSR count). The van der Waals surface area contributed by atoms with E-state index in [0.717, 1.165) is 5.56 Å². The number of benzene rings is 1. The third-order valence-corrected chi connectivity index (χ3v) is 4.76. The number of hydrogen-bond acceptors (Lipinski definition) is 1. The summed E-state index contributed by atoms with van der Waals surface area (Å²) in [4.78, 5) is 12.0. The van der Waals surface area contributed by atoms with Gasteiger partial charge in [-0.25, -0.2) is 0 Å². The van der Waals surface area contributed by atoms with Crippen molar-refractivity contribution in [3.63, 3.8) is 0 Å². The summed E-state index contributed by atoms with van der Waals surface area (Å²) in [5.41, 5.74) is 1.53. The molecule has 0 aliphatic heterocycles. The summed E-state index contributed by atoms with van der Waals surface area (Å²) in [5.74, 6) is -0.0369. The number of carbonyl (C=O) groups is 1. The Bertz CT molecular complexity index is 375. The van der Waals surface area contributed by atoms with Gasteiger partial charge in [0, 0.05) is 16.2 Å². The maximum atomic E-state index is 12.0. The van der Waals surface area contributed by atoms with Crippen LogP contribution in [0.3, 0.4) is 0 Å². The first kappa shape index (κ1) is 13.7.